The predicted octanol–water partition coefficient (Wildman–Crippen LogP) is 2.22. The Balaban J connectivity index is 1.54. The van der Waals surface area contributed by atoms with Crippen LogP contribution in [-0.4, -0.2) is 70.8 Å². The molecule has 0 aliphatic carbocycles. The maximum atomic E-state index is 13.5. The number of hydrogen-bond donors (Lipinski definition) is 1. The molecule has 9 nitrogen and oxygen atoms in total. The lowest BCUT2D eigenvalue weighted by Gasteiger charge is -2.26. The number of nitrogens with zero attached hydrogens (tertiary/aromatic N) is 5. The van der Waals surface area contributed by atoms with Crippen molar-refractivity contribution in [1.82, 2.24) is 19.6 Å². The van der Waals surface area contributed by atoms with Gasteiger partial charge in [-0.2, -0.15) is 10.4 Å². The summed E-state index contributed by atoms with van der Waals surface area (Å²) >= 11 is 0. The summed E-state index contributed by atoms with van der Waals surface area (Å²) in [6.07, 6.45) is -2.77. The molecular weight excluding hydrogens is 441 g/mol. The van der Waals surface area contributed by atoms with E-state index in [0.29, 0.717) is 36.5 Å². The first-order chi connectivity index (χ1) is 15.8. The molecule has 33 heavy (non-hydrogen) atoms. The molecule has 3 amide bonds. The van der Waals surface area contributed by atoms with Gasteiger partial charge in [0.15, 0.2) is 0 Å². The van der Waals surface area contributed by atoms with Gasteiger partial charge in [-0.3, -0.25) is 19.3 Å². The summed E-state index contributed by atoms with van der Waals surface area (Å²) in [5.41, 5.74) is 1.40. The van der Waals surface area contributed by atoms with Crippen LogP contribution >= 0.6 is 0 Å². The molecule has 1 aromatic heterocycles. The van der Waals surface area contributed by atoms with Gasteiger partial charge in [0.05, 0.1) is 35.2 Å². The van der Waals surface area contributed by atoms with Crippen molar-refractivity contribution >= 4 is 17.6 Å². The third-order valence-electron chi connectivity index (χ3n) is 5.51. The third kappa shape index (κ3) is 4.69. The number of halogens is 3. The number of alkyl halides is 2. The molecule has 0 saturated carbocycles. The minimum atomic E-state index is -2.58. The monoisotopic (exact) mass is 462 g/mol. The average molecular weight is 462 g/mol. The van der Waals surface area contributed by atoms with Gasteiger partial charge in [0.1, 0.15) is 18.5 Å². The van der Waals surface area contributed by atoms with Crippen molar-refractivity contribution in [3.63, 3.8) is 0 Å². The van der Waals surface area contributed by atoms with Crippen LogP contribution in [0.15, 0.2) is 18.2 Å². The molecule has 2 aliphatic rings. The maximum absolute atomic E-state index is 13.5. The number of nitriles is 1. The van der Waals surface area contributed by atoms with Gasteiger partial charge in [-0.15, -0.1) is 0 Å². The van der Waals surface area contributed by atoms with Crippen molar-refractivity contribution in [2.45, 2.75) is 32.0 Å². The van der Waals surface area contributed by atoms with Crippen molar-refractivity contribution in [3.8, 4) is 6.07 Å². The maximum Gasteiger partial charge on any atom is 0.328 e. The molecule has 2 aliphatic heterocycles. The van der Waals surface area contributed by atoms with Gasteiger partial charge in [-0.05, 0) is 25.2 Å². The van der Waals surface area contributed by atoms with Gasteiger partial charge < -0.3 is 10.1 Å². The van der Waals surface area contributed by atoms with Crippen LogP contribution < -0.4 is 5.32 Å². The largest absolute Gasteiger partial charge is 0.369 e. The van der Waals surface area contributed by atoms with Crippen LogP contribution in [0, 0.1) is 17.1 Å². The molecule has 4 rings (SSSR count). The lowest BCUT2D eigenvalue weighted by Crippen LogP contribution is -2.44. The Morgan fingerprint density at radius 3 is 2.91 bits per heavy atom. The number of benzene rings is 1. The Kier molecular flexibility index (Phi) is 6.35. The van der Waals surface area contributed by atoms with Crippen LogP contribution in [-0.2, 0) is 24.2 Å². The average Bonchev–Trinajstić information content (AvgIpc) is 3.02. The molecule has 12 heteroatoms. The van der Waals surface area contributed by atoms with E-state index < -0.39 is 36.9 Å². The van der Waals surface area contributed by atoms with E-state index in [1.54, 1.807) is 17.8 Å². The number of amides is 3. The van der Waals surface area contributed by atoms with Gasteiger partial charge in [-0.25, -0.2) is 18.0 Å². The van der Waals surface area contributed by atoms with Crippen LogP contribution in [0.2, 0.25) is 0 Å². The zero-order chi connectivity index (χ0) is 23.7. The Bertz CT molecular complexity index is 1130. The normalized spacial score (nSPS) is 18.5. The molecule has 1 aromatic carbocycles. The Morgan fingerprint density at radius 1 is 1.39 bits per heavy atom. The first-order valence-corrected chi connectivity index (χ1v) is 10.3. The first-order valence-electron chi connectivity index (χ1n) is 10.3. The third-order valence-corrected chi connectivity index (χ3v) is 5.51. The highest BCUT2D eigenvalue weighted by molar-refractivity contribution is 6.09. The van der Waals surface area contributed by atoms with Crippen molar-refractivity contribution in [1.29, 1.82) is 5.26 Å². The second-order valence-corrected chi connectivity index (χ2v) is 7.94. The molecule has 0 fully saturated rings. The topological polar surface area (TPSA) is 103 Å². The van der Waals surface area contributed by atoms with Gasteiger partial charge in [0.2, 0.25) is 0 Å². The van der Waals surface area contributed by atoms with Gasteiger partial charge in [0.25, 0.3) is 12.3 Å². The number of anilines is 1. The summed E-state index contributed by atoms with van der Waals surface area (Å²) in [5.74, 6) is -1.24. The molecule has 2 aromatic rings. The number of hydrogen-bond acceptors (Lipinski definition) is 6. The highest BCUT2D eigenvalue weighted by Gasteiger charge is 2.37. The fourth-order valence-corrected chi connectivity index (χ4v) is 4.05. The van der Waals surface area contributed by atoms with Crippen molar-refractivity contribution in [3.05, 3.63) is 46.5 Å². The number of aromatic nitrogens is 2. The number of ether oxygens (including phenoxy) is 1. The molecule has 0 unspecified atom stereocenters. The Morgan fingerprint density at radius 2 is 2.18 bits per heavy atom. The first kappa shape index (κ1) is 22.8. The quantitative estimate of drug-likeness (QED) is 0.748. The zero-order valence-electron chi connectivity index (χ0n) is 17.7. The van der Waals surface area contributed by atoms with E-state index in [1.165, 1.54) is 12.1 Å². The fraction of sp³-hybridized carbons (Fsp3) is 0.429. The van der Waals surface area contributed by atoms with Crippen molar-refractivity contribution in [2.24, 2.45) is 0 Å². The number of urea groups is 1. The summed E-state index contributed by atoms with van der Waals surface area (Å²) in [7, 11) is 1.78. The summed E-state index contributed by atoms with van der Waals surface area (Å²) in [6, 6.07) is 4.54. The van der Waals surface area contributed by atoms with E-state index in [2.05, 4.69) is 10.4 Å². The highest BCUT2D eigenvalue weighted by Crippen LogP contribution is 2.26. The van der Waals surface area contributed by atoms with E-state index in [4.69, 9.17) is 10.00 Å². The second-order valence-electron chi connectivity index (χ2n) is 7.94. The van der Waals surface area contributed by atoms with Crippen molar-refractivity contribution in [2.75, 3.05) is 32.1 Å². The predicted molar refractivity (Wildman–Crippen MR) is 109 cm³/mol. The molecule has 0 spiro atoms. The van der Waals surface area contributed by atoms with Crippen LogP contribution in [0.4, 0.5) is 23.7 Å². The number of fused-ring (bicyclic) bond motifs is 3. The van der Waals surface area contributed by atoms with Crippen LogP contribution in [0.1, 0.15) is 27.3 Å². The lowest BCUT2D eigenvalue weighted by molar-refractivity contribution is -0.0379. The molecule has 0 saturated heterocycles. The molecule has 3 heterocycles. The number of carbonyl (C=O) groups excluding carboxylic acids is 2. The second kappa shape index (κ2) is 9.21. The molecule has 1 atom stereocenters. The zero-order valence-corrected chi connectivity index (χ0v) is 17.7. The standard InChI is InChI=1S/C21H21F3N6O3/c1-28-8-14(33-11-18(23)24)9-30-17(10-28)19-16(27-30)4-5-29(20(19)31)21(32)26-13-2-3-15(22)12(6-13)7-25/h2-3,6,14,18H,4-5,8-11H2,1H3,(H,26,32)/t14-/m0/s1. The van der Waals surface area contributed by atoms with Crippen LogP contribution in [0.25, 0.3) is 0 Å². The summed E-state index contributed by atoms with van der Waals surface area (Å²) < 4.78 is 45.6. The minimum absolute atomic E-state index is 0.0849. The fourth-order valence-electron chi connectivity index (χ4n) is 4.05. The van der Waals surface area contributed by atoms with Crippen LogP contribution in [0.3, 0.4) is 0 Å². The molecule has 174 valence electrons. The van der Waals surface area contributed by atoms with E-state index in [1.807, 2.05) is 4.90 Å². The minimum Gasteiger partial charge on any atom is -0.369 e. The molecule has 0 radical (unpaired) electrons. The number of imide groups is 1. The summed E-state index contributed by atoms with van der Waals surface area (Å²) in [4.78, 5) is 28.9. The lowest BCUT2D eigenvalue weighted by atomic mass is 10.0. The summed E-state index contributed by atoms with van der Waals surface area (Å²) in [5, 5.41) is 16.0. The number of carbonyl (C=O) groups is 2. The number of nitrogens with one attached hydrogen (secondary N) is 1. The van der Waals surface area contributed by atoms with E-state index in [0.717, 1.165) is 11.0 Å². The van der Waals surface area contributed by atoms with Crippen molar-refractivity contribution < 1.29 is 27.5 Å². The smallest absolute Gasteiger partial charge is 0.328 e. The Hall–Kier alpha value is -3.43. The van der Waals surface area contributed by atoms with E-state index in [-0.39, 0.29) is 24.3 Å². The molecule has 1 N–H and O–H groups in total. The Labute approximate surface area is 187 Å². The van der Waals surface area contributed by atoms with Crippen LogP contribution in [0.5, 0.6) is 0 Å². The number of likely N-dealkylation sites (N-methyl/N-ethyl adjacent to an activating group) is 1. The molecular formula is C21H21F3N6O3. The highest BCUT2D eigenvalue weighted by atomic mass is 19.3. The van der Waals surface area contributed by atoms with E-state index >= 15 is 0 Å². The summed E-state index contributed by atoms with van der Waals surface area (Å²) in [6.45, 7) is 0.335. The molecule has 0 bridgehead atoms. The SMILES string of the molecule is CN1Cc2c3c(nn2C[C@@H](OCC(F)F)C1)CCN(C(=O)Nc1ccc(F)c(C#N)c1)C3=O. The number of rotatable bonds is 4. The van der Waals surface area contributed by atoms with Gasteiger partial charge in [0, 0.05) is 31.7 Å². The van der Waals surface area contributed by atoms with Gasteiger partial charge >= 0.3 is 6.03 Å². The van der Waals surface area contributed by atoms with Gasteiger partial charge in [-0.1, -0.05) is 0 Å². The van der Waals surface area contributed by atoms with E-state index in [9.17, 15) is 22.8 Å².